The maximum atomic E-state index is 12.8. The number of rotatable bonds is 5. The van der Waals surface area contributed by atoms with Crippen molar-refractivity contribution in [2.75, 3.05) is 31.1 Å². The van der Waals surface area contributed by atoms with Crippen LogP contribution in [0.2, 0.25) is 0 Å². The van der Waals surface area contributed by atoms with Crippen molar-refractivity contribution in [1.82, 2.24) is 14.3 Å². The van der Waals surface area contributed by atoms with Gasteiger partial charge in [-0.2, -0.15) is 4.31 Å². The monoisotopic (exact) mass is 482 g/mol. The largest absolute Gasteiger partial charge is 0.353 e. The Morgan fingerprint density at radius 3 is 2.47 bits per heavy atom. The summed E-state index contributed by atoms with van der Waals surface area (Å²) in [6.07, 6.45) is 1.65. The van der Waals surface area contributed by atoms with E-state index in [1.54, 1.807) is 33.1 Å². The quantitative estimate of drug-likeness (QED) is 0.407. The number of hydrogen-bond donors (Lipinski definition) is 0. The molecule has 32 heavy (non-hydrogen) atoms. The predicted octanol–water partition coefficient (Wildman–Crippen LogP) is 4.85. The van der Waals surface area contributed by atoms with Gasteiger partial charge in [0.1, 0.15) is 16.5 Å². The van der Waals surface area contributed by atoms with Gasteiger partial charge in [-0.1, -0.05) is 36.4 Å². The molecule has 1 aliphatic rings. The number of aromatic nitrogens is 2. The molecule has 0 atom stereocenters. The summed E-state index contributed by atoms with van der Waals surface area (Å²) in [5, 5.41) is 6.57. The van der Waals surface area contributed by atoms with E-state index in [1.165, 1.54) is 10.3 Å². The lowest BCUT2D eigenvalue weighted by Gasteiger charge is -2.34. The Hall–Kier alpha value is -2.59. The van der Waals surface area contributed by atoms with Crippen molar-refractivity contribution in [3.63, 3.8) is 0 Å². The Morgan fingerprint density at radius 2 is 1.75 bits per heavy atom. The predicted molar refractivity (Wildman–Crippen MR) is 134 cm³/mol. The Balaban J connectivity index is 1.39. The third-order valence-corrected chi connectivity index (χ3v) is 8.78. The molecule has 0 unspecified atom stereocenters. The Kier molecular flexibility index (Phi) is 5.81. The molecule has 3 aromatic heterocycles. The van der Waals surface area contributed by atoms with Crippen LogP contribution in [0.4, 0.5) is 5.82 Å². The molecule has 0 radical (unpaired) electrons. The second-order valence-corrected chi connectivity index (χ2v) is 11.2. The smallest absolute Gasteiger partial charge is 0.236 e. The van der Waals surface area contributed by atoms with E-state index in [0.29, 0.717) is 26.2 Å². The number of nitrogens with zero attached hydrogens (tertiary/aromatic N) is 4. The van der Waals surface area contributed by atoms with Gasteiger partial charge in [-0.15, -0.1) is 22.7 Å². The third-order valence-electron chi connectivity index (χ3n) is 5.44. The molecule has 1 aliphatic heterocycles. The first kappa shape index (κ1) is 21.3. The number of thiophene rings is 2. The number of hydrogen-bond acceptors (Lipinski definition) is 7. The molecule has 9 heteroatoms. The van der Waals surface area contributed by atoms with E-state index in [0.717, 1.165) is 33.0 Å². The van der Waals surface area contributed by atoms with Crippen molar-refractivity contribution >= 4 is 54.8 Å². The van der Waals surface area contributed by atoms with Crippen LogP contribution in [0.5, 0.6) is 0 Å². The van der Waals surface area contributed by atoms with Crippen LogP contribution in [0.25, 0.3) is 26.7 Å². The van der Waals surface area contributed by atoms with Crippen LogP contribution in [-0.4, -0.2) is 48.9 Å². The number of benzene rings is 1. The second-order valence-electron chi connectivity index (χ2n) is 7.55. The molecule has 0 aliphatic carbocycles. The van der Waals surface area contributed by atoms with E-state index in [-0.39, 0.29) is 0 Å². The Morgan fingerprint density at radius 1 is 0.969 bits per heavy atom. The minimum Gasteiger partial charge on any atom is -0.353 e. The van der Waals surface area contributed by atoms with E-state index in [1.807, 2.05) is 43.3 Å². The molecule has 164 valence electrons. The van der Waals surface area contributed by atoms with Gasteiger partial charge in [0, 0.05) is 47.4 Å². The summed E-state index contributed by atoms with van der Waals surface area (Å²) in [6.45, 7) is 3.92. The fraction of sp³-hybridized carbons (Fsp3) is 0.217. The topological polar surface area (TPSA) is 66.4 Å². The van der Waals surface area contributed by atoms with Crippen LogP contribution >= 0.6 is 22.7 Å². The molecule has 1 saturated heterocycles. The van der Waals surface area contributed by atoms with Crippen LogP contribution in [0, 0.1) is 6.92 Å². The first-order chi connectivity index (χ1) is 15.5. The van der Waals surface area contributed by atoms with Gasteiger partial charge in [-0.3, -0.25) is 0 Å². The van der Waals surface area contributed by atoms with Crippen molar-refractivity contribution in [1.29, 1.82) is 0 Å². The molecule has 0 N–H and O–H groups in total. The van der Waals surface area contributed by atoms with Crippen molar-refractivity contribution in [2.45, 2.75) is 6.92 Å². The number of sulfonamides is 1. The van der Waals surface area contributed by atoms with E-state index < -0.39 is 10.0 Å². The minimum atomic E-state index is -3.47. The standard InChI is InChI=1S/C23H22N4O2S3/c1-17-24-22(21-19(16-31-23(21)25-17)20-8-5-14-30-20)26-10-12-27(13-11-26)32(28,29)15-9-18-6-3-2-4-7-18/h2-9,14-16H,10-13H2,1H3. The highest BCUT2D eigenvalue weighted by Gasteiger charge is 2.28. The van der Waals surface area contributed by atoms with Crippen LogP contribution < -0.4 is 4.90 Å². The Bertz CT molecular complexity index is 1360. The summed E-state index contributed by atoms with van der Waals surface area (Å²) in [5.74, 6) is 1.63. The third kappa shape index (κ3) is 4.21. The first-order valence-electron chi connectivity index (χ1n) is 10.3. The Labute approximate surface area is 195 Å². The van der Waals surface area contributed by atoms with Gasteiger partial charge in [0.2, 0.25) is 10.0 Å². The molecule has 6 nitrogen and oxygen atoms in total. The SMILES string of the molecule is Cc1nc(N2CCN(S(=O)(=O)C=Cc3ccccc3)CC2)c2c(-c3cccs3)csc2n1. The minimum absolute atomic E-state index is 0.421. The maximum absolute atomic E-state index is 12.8. The molecule has 0 spiro atoms. The van der Waals surface area contributed by atoms with Crippen LogP contribution in [0.15, 0.2) is 58.6 Å². The molecule has 4 aromatic rings. The van der Waals surface area contributed by atoms with Crippen LogP contribution in [0.3, 0.4) is 0 Å². The molecule has 0 amide bonds. The number of aryl methyl sites for hydroxylation is 1. The lowest BCUT2D eigenvalue weighted by molar-refractivity contribution is 0.389. The summed E-state index contributed by atoms with van der Waals surface area (Å²) < 4.78 is 27.2. The number of piperazine rings is 1. The summed E-state index contributed by atoms with van der Waals surface area (Å²) in [6, 6.07) is 13.6. The molecule has 4 heterocycles. The molecular weight excluding hydrogens is 460 g/mol. The fourth-order valence-electron chi connectivity index (χ4n) is 3.84. The van der Waals surface area contributed by atoms with Gasteiger partial charge in [-0.05, 0) is 30.0 Å². The van der Waals surface area contributed by atoms with Gasteiger partial charge in [0.05, 0.1) is 5.39 Å². The fourth-order valence-corrected chi connectivity index (χ4v) is 6.81. The lowest BCUT2D eigenvalue weighted by atomic mass is 10.2. The number of anilines is 1. The van der Waals surface area contributed by atoms with Gasteiger partial charge in [-0.25, -0.2) is 18.4 Å². The van der Waals surface area contributed by atoms with Gasteiger partial charge in [0.25, 0.3) is 0 Å². The van der Waals surface area contributed by atoms with Crippen LogP contribution in [0.1, 0.15) is 11.4 Å². The maximum Gasteiger partial charge on any atom is 0.236 e. The van der Waals surface area contributed by atoms with Gasteiger partial charge in [0.15, 0.2) is 0 Å². The molecule has 1 aromatic carbocycles. The molecule has 1 fully saturated rings. The average molecular weight is 483 g/mol. The summed E-state index contributed by atoms with van der Waals surface area (Å²) >= 11 is 3.33. The van der Waals surface area contributed by atoms with Crippen molar-refractivity contribution < 1.29 is 8.42 Å². The summed E-state index contributed by atoms with van der Waals surface area (Å²) in [4.78, 5) is 13.8. The van der Waals surface area contributed by atoms with E-state index in [4.69, 9.17) is 4.98 Å². The zero-order valence-electron chi connectivity index (χ0n) is 17.5. The zero-order valence-corrected chi connectivity index (χ0v) is 20.0. The van der Waals surface area contributed by atoms with E-state index >= 15 is 0 Å². The summed E-state index contributed by atoms with van der Waals surface area (Å²) in [5.41, 5.74) is 2.02. The normalized spacial score (nSPS) is 15.7. The van der Waals surface area contributed by atoms with Gasteiger partial charge >= 0.3 is 0 Å². The molecular formula is C23H22N4O2S3. The van der Waals surface area contributed by atoms with Gasteiger partial charge < -0.3 is 4.90 Å². The molecule has 0 bridgehead atoms. The number of fused-ring (bicyclic) bond motifs is 1. The van der Waals surface area contributed by atoms with Crippen molar-refractivity contribution in [3.05, 3.63) is 70.0 Å². The summed E-state index contributed by atoms with van der Waals surface area (Å²) in [7, 11) is -3.47. The van der Waals surface area contributed by atoms with E-state index in [9.17, 15) is 8.42 Å². The molecule has 0 saturated carbocycles. The van der Waals surface area contributed by atoms with Crippen molar-refractivity contribution in [3.8, 4) is 10.4 Å². The first-order valence-corrected chi connectivity index (χ1v) is 13.6. The highest BCUT2D eigenvalue weighted by Crippen LogP contribution is 2.40. The second kappa shape index (κ2) is 8.74. The van der Waals surface area contributed by atoms with E-state index in [2.05, 4.69) is 26.7 Å². The highest BCUT2D eigenvalue weighted by atomic mass is 32.2. The van der Waals surface area contributed by atoms with Crippen LogP contribution in [-0.2, 0) is 10.0 Å². The lowest BCUT2D eigenvalue weighted by Crippen LogP contribution is -2.48. The average Bonchev–Trinajstić information content (AvgIpc) is 3.48. The highest BCUT2D eigenvalue weighted by molar-refractivity contribution is 7.92. The van der Waals surface area contributed by atoms with Crippen molar-refractivity contribution in [2.24, 2.45) is 0 Å². The molecule has 5 rings (SSSR count). The zero-order chi connectivity index (χ0) is 22.1.